The van der Waals surface area contributed by atoms with Gasteiger partial charge in [0.2, 0.25) is 0 Å². The van der Waals surface area contributed by atoms with Gasteiger partial charge in [-0.1, -0.05) is 13.8 Å². The molecule has 2 fully saturated rings. The summed E-state index contributed by atoms with van der Waals surface area (Å²) < 4.78 is 0. The zero-order chi connectivity index (χ0) is 10.1. The highest BCUT2D eigenvalue weighted by atomic mass is 15.2. The third-order valence-corrected chi connectivity index (χ3v) is 4.16. The summed E-state index contributed by atoms with van der Waals surface area (Å²) in [5, 5.41) is 0. The molecule has 2 heteroatoms. The predicted octanol–water partition coefficient (Wildman–Crippen LogP) is 1.70. The average Bonchev–Trinajstić information content (AvgIpc) is 2.62. The number of hydrogen-bond donors (Lipinski definition) is 1. The fraction of sp³-hybridized carbons (Fsp3) is 1.00. The van der Waals surface area contributed by atoms with Crippen molar-refractivity contribution < 1.29 is 0 Å². The summed E-state index contributed by atoms with van der Waals surface area (Å²) in [5.41, 5.74) is 5.94. The highest BCUT2D eigenvalue weighted by Crippen LogP contribution is 2.28. The van der Waals surface area contributed by atoms with Crippen molar-refractivity contribution in [3.63, 3.8) is 0 Å². The van der Waals surface area contributed by atoms with Crippen LogP contribution in [0.2, 0.25) is 0 Å². The molecule has 14 heavy (non-hydrogen) atoms. The predicted molar refractivity (Wildman–Crippen MR) is 60.1 cm³/mol. The van der Waals surface area contributed by atoms with Gasteiger partial charge in [-0.3, -0.25) is 0 Å². The van der Waals surface area contributed by atoms with Crippen LogP contribution in [0.4, 0.5) is 0 Å². The molecule has 2 rings (SSSR count). The molecule has 1 saturated carbocycles. The van der Waals surface area contributed by atoms with E-state index < -0.39 is 0 Å². The SMILES string of the molecule is CC1CN(CC2CCC(N)C2)CC1C. The second-order valence-electron chi connectivity index (χ2n) is 5.61. The summed E-state index contributed by atoms with van der Waals surface area (Å²) in [6.45, 7) is 8.69. The minimum absolute atomic E-state index is 0.498. The molecule has 0 amide bonds. The zero-order valence-corrected chi connectivity index (χ0v) is 9.58. The molecule has 82 valence electrons. The first-order chi connectivity index (χ1) is 6.65. The molecule has 1 saturated heterocycles. The van der Waals surface area contributed by atoms with Crippen molar-refractivity contribution in [3.05, 3.63) is 0 Å². The summed E-state index contributed by atoms with van der Waals surface area (Å²) in [7, 11) is 0. The lowest BCUT2D eigenvalue weighted by atomic mass is 10.0. The molecule has 0 aromatic heterocycles. The Balaban J connectivity index is 1.76. The third-order valence-electron chi connectivity index (χ3n) is 4.16. The van der Waals surface area contributed by atoms with E-state index in [1.54, 1.807) is 0 Å². The van der Waals surface area contributed by atoms with Gasteiger partial charge in [0.05, 0.1) is 0 Å². The summed E-state index contributed by atoms with van der Waals surface area (Å²) in [4.78, 5) is 2.65. The number of hydrogen-bond acceptors (Lipinski definition) is 2. The molecular formula is C12H24N2. The van der Waals surface area contributed by atoms with E-state index in [0.717, 1.165) is 17.8 Å². The van der Waals surface area contributed by atoms with Crippen LogP contribution in [-0.4, -0.2) is 30.6 Å². The highest BCUT2D eigenvalue weighted by molar-refractivity contribution is 4.84. The Labute approximate surface area is 87.8 Å². The van der Waals surface area contributed by atoms with Gasteiger partial charge in [-0.05, 0) is 37.0 Å². The summed E-state index contributed by atoms with van der Waals surface area (Å²) in [6, 6.07) is 0.498. The molecule has 2 nitrogen and oxygen atoms in total. The van der Waals surface area contributed by atoms with Crippen LogP contribution in [0, 0.1) is 17.8 Å². The first-order valence-corrected chi connectivity index (χ1v) is 6.13. The van der Waals surface area contributed by atoms with Gasteiger partial charge in [-0.15, -0.1) is 0 Å². The van der Waals surface area contributed by atoms with Crippen LogP contribution >= 0.6 is 0 Å². The Hall–Kier alpha value is -0.0800. The van der Waals surface area contributed by atoms with E-state index >= 15 is 0 Å². The van der Waals surface area contributed by atoms with E-state index in [2.05, 4.69) is 18.7 Å². The summed E-state index contributed by atoms with van der Waals surface area (Å²) in [6.07, 6.45) is 3.88. The minimum atomic E-state index is 0.498. The van der Waals surface area contributed by atoms with Gasteiger partial charge in [0.15, 0.2) is 0 Å². The molecule has 0 spiro atoms. The van der Waals surface area contributed by atoms with E-state index in [1.807, 2.05) is 0 Å². The Morgan fingerprint density at radius 1 is 1.14 bits per heavy atom. The second-order valence-corrected chi connectivity index (χ2v) is 5.61. The highest BCUT2D eigenvalue weighted by Gasteiger charge is 2.29. The lowest BCUT2D eigenvalue weighted by molar-refractivity contribution is 0.268. The van der Waals surface area contributed by atoms with Crippen molar-refractivity contribution in [1.29, 1.82) is 0 Å². The first-order valence-electron chi connectivity index (χ1n) is 6.13. The smallest absolute Gasteiger partial charge is 0.00420 e. The monoisotopic (exact) mass is 196 g/mol. The van der Waals surface area contributed by atoms with Crippen molar-refractivity contribution in [2.24, 2.45) is 23.5 Å². The van der Waals surface area contributed by atoms with E-state index in [-0.39, 0.29) is 0 Å². The standard InChI is InChI=1S/C12H24N2/c1-9-6-14(7-10(9)2)8-11-3-4-12(13)5-11/h9-12H,3-8,13H2,1-2H3. The van der Waals surface area contributed by atoms with Gasteiger partial charge in [-0.2, -0.15) is 0 Å². The van der Waals surface area contributed by atoms with Crippen LogP contribution in [0.1, 0.15) is 33.1 Å². The van der Waals surface area contributed by atoms with Gasteiger partial charge in [-0.25, -0.2) is 0 Å². The molecule has 2 N–H and O–H groups in total. The number of nitrogens with zero attached hydrogens (tertiary/aromatic N) is 1. The summed E-state index contributed by atoms with van der Waals surface area (Å²) >= 11 is 0. The van der Waals surface area contributed by atoms with Crippen LogP contribution in [0.15, 0.2) is 0 Å². The number of rotatable bonds is 2. The van der Waals surface area contributed by atoms with E-state index in [9.17, 15) is 0 Å². The topological polar surface area (TPSA) is 29.3 Å². The maximum atomic E-state index is 5.94. The quantitative estimate of drug-likeness (QED) is 0.728. The maximum Gasteiger partial charge on any atom is 0.00420 e. The van der Waals surface area contributed by atoms with Gasteiger partial charge in [0.1, 0.15) is 0 Å². The van der Waals surface area contributed by atoms with Crippen LogP contribution in [0.5, 0.6) is 0 Å². The van der Waals surface area contributed by atoms with Crippen molar-refractivity contribution in [2.45, 2.75) is 39.2 Å². The molecule has 4 atom stereocenters. The molecule has 1 aliphatic carbocycles. The van der Waals surface area contributed by atoms with Gasteiger partial charge >= 0.3 is 0 Å². The largest absolute Gasteiger partial charge is 0.328 e. The van der Waals surface area contributed by atoms with Crippen molar-refractivity contribution >= 4 is 0 Å². The van der Waals surface area contributed by atoms with E-state index in [0.29, 0.717) is 6.04 Å². The lowest BCUT2D eigenvalue weighted by Crippen LogP contribution is -2.27. The van der Waals surface area contributed by atoms with E-state index in [1.165, 1.54) is 38.9 Å². The molecule has 0 aromatic rings. The maximum absolute atomic E-state index is 5.94. The fourth-order valence-electron chi connectivity index (χ4n) is 3.04. The molecular weight excluding hydrogens is 172 g/mol. The van der Waals surface area contributed by atoms with Crippen molar-refractivity contribution in [3.8, 4) is 0 Å². The average molecular weight is 196 g/mol. The molecule has 0 bridgehead atoms. The Morgan fingerprint density at radius 3 is 2.29 bits per heavy atom. The normalized spacial score (nSPS) is 44.8. The van der Waals surface area contributed by atoms with Crippen LogP contribution in [0.25, 0.3) is 0 Å². The Kier molecular flexibility index (Phi) is 3.13. The molecule has 1 aliphatic heterocycles. The summed E-state index contributed by atoms with van der Waals surface area (Å²) in [5.74, 6) is 2.68. The van der Waals surface area contributed by atoms with Crippen LogP contribution < -0.4 is 5.73 Å². The third kappa shape index (κ3) is 2.29. The van der Waals surface area contributed by atoms with Gasteiger partial charge in [0, 0.05) is 25.7 Å². The first kappa shape index (κ1) is 10.4. The lowest BCUT2D eigenvalue weighted by Gasteiger charge is -2.20. The second kappa shape index (κ2) is 4.19. The Morgan fingerprint density at radius 2 is 1.79 bits per heavy atom. The molecule has 4 unspecified atom stereocenters. The fourth-order valence-corrected chi connectivity index (χ4v) is 3.04. The van der Waals surface area contributed by atoms with Gasteiger partial charge < -0.3 is 10.6 Å². The molecule has 0 radical (unpaired) electrons. The van der Waals surface area contributed by atoms with Crippen LogP contribution in [-0.2, 0) is 0 Å². The van der Waals surface area contributed by atoms with Crippen molar-refractivity contribution in [2.75, 3.05) is 19.6 Å². The molecule has 1 heterocycles. The molecule has 0 aromatic carbocycles. The van der Waals surface area contributed by atoms with E-state index in [4.69, 9.17) is 5.73 Å². The number of nitrogens with two attached hydrogens (primary N) is 1. The van der Waals surface area contributed by atoms with Crippen molar-refractivity contribution in [1.82, 2.24) is 4.90 Å². The molecule has 2 aliphatic rings. The Bertz CT molecular complexity index is 183. The van der Waals surface area contributed by atoms with Crippen LogP contribution in [0.3, 0.4) is 0 Å². The number of likely N-dealkylation sites (tertiary alicyclic amines) is 1. The minimum Gasteiger partial charge on any atom is -0.328 e. The zero-order valence-electron chi connectivity index (χ0n) is 9.58. The van der Waals surface area contributed by atoms with Gasteiger partial charge in [0.25, 0.3) is 0 Å².